The lowest BCUT2D eigenvalue weighted by Crippen LogP contribution is -2.23. The molecule has 1 aromatic heterocycles. The minimum Gasteiger partial charge on any atom is -0.308 e. The maximum atomic E-state index is 13.4. The first-order valence-electron chi connectivity index (χ1n) is 15.3. The van der Waals surface area contributed by atoms with Gasteiger partial charge < -0.3 is 5.32 Å². The van der Waals surface area contributed by atoms with E-state index in [9.17, 15) is 14.4 Å². The lowest BCUT2D eigenvalue weighted by atomic mass is 9.82. The summed E-state index contributed by atoms with van der Waals surface area (Å²) in [7, 11) is 0. The van der Waals surface area contributed by atoms with Gasteiger partial charge in [-0.25, -0.2) is 4.79 Å². The maximum Gasteiger partial charge on any atom is 0.324 e. The molecule has 1 atom stereocenters. The van der Waals surface area contributed by atoms with Gasteiger partial charge in [0.05, 0.1) is 5.56 Å². The number of thiophene rings is 1. The minimum absolute atomic E-state index is 0.000135. The number of allylic oxidation sites excluding steroid dienone is 1. The van der Waals surface area contributed by atoms with E-state index < -0.39 is 5.41 Å². The van der Waals surface area contributed by atoms with Crippen LogP contribution in [-0.2, 0) is 16.6 Å². The molecule has 0 aliphatic heterocycles. The van der Waals surface area contributed by atoms with E-state index in [2.05, 4.69) is 83.0 Å². The van der Waals surface area contributed by atoms with Gasteiger partial charge in [0.2, 0.25) is 0 Å². The molecular formula is C37H48N2O3S. The molecule has 0 saturated heterocycles. The minimum atomic E-state index is -0.536. The molecule has 0 aliphatic carbocycles. The normalized spacial score (nSPS) is 12.5. The molecule has 2 amide bonds. The summed E-state index contributed by atoms with van der Waals surface area (Å²) < 4.78 is 0. The van der Waals surface area contributed by atoms with Crippen LogP contribution in [0.25, 0.3) is 11.1 Å². The molecule has 0 bridgehead atoms. The van der Waals surface area contributed by atoms with E-state index in [0.717, 1.165) is 34.4 Å². The Hall–Kier alpha value is -3.51. The topological polar surface area (TPSA) is 75.3 Å². The zero-order chi connectivity index (χ0) is 31.9. The van der Waals surface area contributed by atoms with Gasteiger partial charge >= 0.3 is 6.03 Å². The molecule has 6 heteroatoms. The Morgan fingerprint density at radius 3 is 2.26 bits per heavy atom. The van der Waals surface area contributed by atoms with E-state index in [1.165, 1.54) is 16.9 Å². The first-order chi connectivity index (χ1) is 20.1. The first kappa shape index (κ1) is 34.0. The number of urea groups is 1. The molecule has 0 aliphatic rings. The second-order valence-electron chi connectivity index (χ2n) is 13.2. The van der Waals surface area contributed by atoms with Crippen molar-refractivity contribution in [3.8, 4) is 11.1 Å². The molecule has 0 spiro atoms. The predicted octanol–water partition coefficient (Wildman–Crippen LogP) is 10.4. The van der Waals surface area contributed by atoms with Crippen LogP contribution in [0.15, 0.2) is 61.2 Å². The molecule has 1 unspecified atom stereocenters. The van der Waals surface area contributed by atoms with Crippen LogP contribution < -0.4 is 10.6 Å². The van der Waals surface area contributed by atoms with Crippen LogP contribution in [0.1, 0.15) is 101 Å². The number of carbonyl (C=O) groups excluding carboxylic acids is 3. The molecule has 2 aromatic carbocycles. The van der Waals surface area contributed by atoms with E-state index in [-0.39, 0.29) is 28.9 Å². The number of nitrogens with one attached hydrogen (secondary N) is 2. The van der Waals surface area contributed by atoms with Crippen molar-refractivity contribution in [2.45, 2.75) is 92.9 Å². The highest BCUT2D eigenvalue weighted by Gasteiger charge is 2.26. The number of rotatable bonds is 13. The van der Waals surface area contributed by atoms with Crippen LogP contribution in [0.3, 0.4) is 0 Å². The average molecular weight is 601 g/mol. The molecule has 43 heavy (non-hydrogen) atoms. The number of hydrogen-bond donors (Lipinski definition) is 2. The molecule has 3 rings (SSSR count). The number of benzene rings is 2. The van der Waals surface area contributed by atoms with E-state index in [0.29, 0.717) is 35.5 Å². The van der Waals surface area contributed by atoms with Crippen molar-refractivity contribution >= 4 is 39.6 Å². The second-order valence-corrected chi connectivity index (χ2v) is 14.3. The molecule has 2 N–H and O–H groups in total. The summed E-state index contributed by atoms with van der Waals surface area (Å²) >= 11 is 1.45. The van der Waals surface area contributed by atoms with Crippen LogP contribution in [0.5, 0.6) is 0 Å². The smallest absolute Gasteiger partial charge is 0.308 e. The number of anilines is 2. The van der Waals surface area contributed by atoms with E-state index in [1.807, 2.05) is 38.1 Å². The van der Waals surface area contributed by atoms with Gasteiger partial charge in [0.25, 0.3) is 0 Å². The molecule has 0 fully saturated rings. The molecule has 5 nitrogen and oxygen atoms in total. The fourth-order valence-electron chi connectivity index (χ4n) is 4.80. The largest absolute Gasteiger partial charge is 0.324 e. The Labute approximate surface area is 262 Å². The quantitative estimate of drug-likeness (QED) is 0.151. The predicted molar refractivity (Wildman–Crippen MR) is 183 cm³/mol. The van der Waals surface area contributed by atoms with Gasteiger partial charge in [-0.05, 0) is 91.8 Å². The van der Waals surface area contributed by atoms with Crippen LogP contribution in [0, 0.1) is 18.3 Å². The number of hydrogen-bond acceptors (Lipinski definition) is 4. The third kappa shape index (κ3) is 9.24. The van der Waals surface area contributed by atoms with Gasteiger partial charge in [-0.2, -0.15) is 0 Å². The number of aryl methyl sites for hydroxylation is 2. The summed E-state index contributed by atoms with van der Waals surface area (Å²) in [5, 5.41) is 6.49. The highest BCUT2D eigenvalue weighted by molar-refractivity contribution is 7.16. The van der Waals surface area contributed by atoms with Gasteiger partial charge in [0, 0.05) is 28.8 Å². The fraction of sp³-hybridized carbons (Fsp3) is 0.432. The van der Waals surface area contributed by atoms with Crippen LogP contribution in [0.2, 0.25) is 0 Å². The standard InChI is InChI=1S/C37H48N2O3S/c1-10-26-16-18-27(19-17-26)29-22-28(20-15-25(29)4)38-35(42)39-34-30(23-33(43-34)36(5,6)7)31(40)14-12-13-24(3)21-32(41)37(8,9)11-2/h11,15-20,22-24H,2,10,12-14,21H2,1,3-9H3,(H2,38,39,42). The van der Waals surface area contributed by atoms with Crippen molar-refractivity contribution in [1.29, 1.82) is 0 Å². The monoisotopic (exact) mass is 600 g/mol. The molecule has 3 aromatic rings. The van der Waals surface area contributed by atoms with Crippen molar-refractivity contribution in [3.63, 3.8) is 0 Å². The Balaban J connectivity index is 1.70. The van der Waals surface area contributed by atoms with Crippen molar-refractivity contribution in [2.24, 2.45) is 11.3 Å². The van der Waals surface area contributed by atoms with Crippen LogP contribution >= 0.6 is 11.3 Å². The van der Waals surface area contributed by atoms with Crippen molar-refractivity contribution < 1.29 is 14.4 Å². The van der Waals surface area contributed by atoms with E-state index >= 15 is 0 Å². The number of ketones is 2. The number of Topliss-reactive ketones (excluding diaryl/α,β-unsaturated/α-hetero) is 2. The highest BCUT2D eigenvalue weighted by atomic mass is 32.1. The summed E-state index contributed by atoms with van der Waals surface area (Å²) in [6.45, 7) is 20.1. The summed E-state index contributed by atoms with van der Waals surface area (Å²) in [5.41, 5.74) is 5.09. The van der Waals surface area contributed by atoms with E-state index in [1.54, 1.807) is 6.08 Å². The van der Waals surface area contributed by atoms with Crippen molar-refractivity contribution in [1.82, 2.24) is 0 Å². The molecule has 0 saturated carbocycles. The number of carbonyl (C=O) groups is 3. The SMILES string of the molecule is C=CC(C)(C)C(=O)CC(C)CCCC(=O)c1cc(C(C)(C)C)sc1NC(=O)Nc1ccc(C)c(-c2ccc(CC)cc2)c1. The Morgan fingerprint density at radius 1 is 0.977 bits per heavy atom. The lowest BCUT2D eigenvalue weighted by Gasteiger charge is -2.20. The van der Waals surface area contributed by atoms with Crippen LogP contribution in [0.4, 0.5) is 15.5 Å². The van der Waals surface area contributed by atoms with E-state index in [4.69, 9.17) is 0 Å². The van der Waals surface area contributed by atoms with Gasteiger partial charge in [0.15, 0.2) is 5.78 Å². The Kier molecular flexibility index (Phi) is 11.3. The number of amides is 2. The average Bonchev–Trinajstić information content (AvgIpc) is 3.38. The summed E-state index contributed by atoms with van der Waals surface area (Å²) in [4.78, 5) is 40.2. The first-order valence-corrected chi connectivity index (χ1v) is 16.1. The third-order valence-corrected chi connectivity index (χ3v) is 9.51. The van der Waals surface area contributed by atoms with Gasteiger partial charge in [-0.15, -0.1) is 17.9 Å². The molecular weight excluding hydrogens is 552 g/mol. The zero-order valence-corrected chi connectivity index (χ0v) is 28.0. The Morgan fingerprint density at radius 2 is 1.65 bits per heavy atom. The van der Waals surface area contributed by atoms with Crippen LogP contribution in [-0.4, -0.2) is 17.6 Å². The molecule has 1 heterocycles. The zero-order valence-electron chi connectivity index (χ0n) is 27.1. The summed E-state index contributed by atoms with van der Waals surface area (Å²) in [6, 6.07) is 15.9. The third-order valence-electron chi connectivity index (χ3n) is 8.03. The van der Waals surface area contributed by atoms with Crippen molar-refractivity contribution in [3.05, 3.63) is 82.8 Å². The maximum absolute atomic E-state index is 13.4. The second kappa shape index (κ2) is 14.3. The van der Waals surface area contributed by atoms with Gasteiger partial charge in [-0.3, -0.25) is 14.9 Å². The highest BCUT2D eigenvalue weighted by Crippen LogP contribution is 2.37. The van der Waals surface area contributed by atoms with Gasteiger partial charge in [-0.1, -0.05) is 71.0 Å². The summed E-state index contributed by atoms with van der Waals surface area (Å²) in [6.07, 6.45) is 4.97. The molecule has 0 radical (unpaired) electrons. The van der Waals surface area contributed by atoms with Crippen molar-refractivity contribution in [2.75, 3.05) is 10.6 Å². The Bertz CT molecular complexity index is 1460. The lowest BCUT2D eigenvalue weighted by molar-refractivity contribution is -0.125. The molecule has 230 valence electrons. The fourth-order valence-corrected chi connectivity index (χ4v) is 5.93. The van der Waals surface area contributed by atoms with Gasteiger partial charge in [0.1, 0.15) is 10.8 Å². The summed E-state index contributed by atoms with van der Waals surface area (Å²) in [5.74, 6) is 0.348.